The summed E-state index contributed by atoms with van der Waals surface area (Å²) in [5.74, 6) is 1.08. The molecule has 2 aliphatic rings. The van der Waals surface area contributed by atoms with Crippen LogP contribution < -0.4 is 15.4 Å². The molecule has 0 spiro atoms. The number of nitrogens with one attached hydrogen (secondary N) is 2. The lowest BCUT2D eigenvalue weighted by Crippen LogP contribution is -2.53. The fraction of sp³-hybridized carbons (Fsp3) is 0.588. The molecule has 1 saturated heterocycles. The van der Waals surface area contributed by atoms with Gasteiger partial charge < -0.3 is 15.4 Å². The minimum absolute atomic E-state index is 0.250. The summed E-state index contributed by atoms with van der Waals surface area (Å²) in [6.45, 7) is 2.74. The van der Waals surface area contributed by atoms with Crippen molar-refractivity contribution in [2.75, 3.05) is 13.1 Å². The maximum atomic E-state index is 13.8. The number of rotatable bonds is 5. The molecule has 1 unspecified atom stereocenters. The zero-order chi connectivity index (χ0) is 15.5. The molecule has 2 N–H and O–H groups in total. The lowest BCUT2D eigenvalue weighted by atomic mass is 10.0. The number of ether oxygens (including phenoxy) is 1. The first-order valence-electron chi connectivity index (χ1n) is 8.06. The van der Waals surface area contributed by atoms with E-state index < -0.39 is 18.3 Å². The molecule has 22 heavy (non-hydrogen) atoms. The van der Waals surface area contributed by atoms with E-state index in [2.05, 4.69) is 16.7 Å². The summed E-state index contributed by atoms with van der Waals surface area (Å²) < 4.78 is 19.6. The Morgan fingerprint density at radius 1 is 1.36 bits per heavy atom. The van der Waals surface area contributed by atoms with Crippen LogP contribution in [0.3, 0.4) is 0 Å². The van der Waals surface area contributed by atoms with Gasteiger partial charge in [-0.1, -0.05) is 18.2 Å². The highest BCUT2D eigenvalue weighted by Crippen LogP contribution is 2.44. The number of para-hydroxylation sites is 1. The van der Waals surface area contributed by atoms with Gasteiger partial charge in [0.15, 0.2) is 6.10 Å². The Balaban J connectivity index is 1.59. The summed E-state index contributed by atoms with van der Waals surface area (Å²) in [4.78, 5) is 12.2. The van der Waals surface area contributed by atoms with Crippen LogP contribution in [-0.4, -0.2) is 37.3 Å². The third-order valence-corrected chi connectivity index (χ3v) is 4.34. The lowest BCUT2D eigenvalue weighted by Gasteiger charge is -2.28. The van der Waals surface area contributed by atoms with Gasteiger partial charge in [-0.05, 0) is 50.3 Å². The second kappa shape index (κ2) is 6.65. The number of hydrogen-bond donors (Lipinski definition) is 2. The van der Waals surface area contributed by atoms with Crippen molar-refractivity contribution in [2.45, 2.75) is 50.4 Å². The molecule has 2 fully saturated rings. The fourth-order valence-electron chi connectivity index (χ4n) is 2.85. The molecular weight excluding hydrogens is 283 g/mol. The quantitative estimate of drug-likeness (QED) is 0.876. The molecule has 3 rings (SSSR count). The van der Waals surface area contributed by atoms with Crippen LogP contribution in [0.4, 0.5) is 4.39 Å². The van der Waals surface area contributed by atoms with Crippen molar-refractivity contribution in [1.29, 1.82) is 0 Å². The fourth-order valence-corrected chi connectivity index (χ4v) is 2.85. The van der Waals surface area contributed by atoms with Crippen LogP contribution in [0.2, 0.25) is 0 Å². The summed E-state index contributed by atoms with van der Waals surface area (Å²) in [5, 5.41) is 5.75. The molecule has 0 aromatic heterocycles. The van der Waals surface area contributed by atoms with E-state index in [1.807, 2.05) is 18.2 Å². The second-order valence-electron chi connectivity index (χ2n) is 6.20. The highest BCUT2D eigenvalue weighted by atomic mass is 19.1. The number of hydrogen-bond acceptors (Lipinski definition) is 3. The van der Waals surface area contributed by atoms with Gasteiger partial charge in [0.25, 0.3) is 5.91 Å². The molecule has 1 aliphatic carbocycles. The van der Waals surface area contributed by atoms with E-state index in [-0.39, 0.29) is 5.91 Å². The Kier molecular flexibility index (Phi) is 4.62. The van der Waals surface area contributed by atoms with Gasteiger partial charge in [0.05, 0.1) is 6.04 Å². The lowest BCUT2D eigenvalue weighted by molar-refractivity contribution is -0.128. The van der Waals surface area contributed by atoms with E-state index >= 15 is 0 Å². The molecule has 0 radical (unpaired) electrons. The maximum absolute atomic E-state index is 13.8. The van der Waals surface area contributed by atoms with Crippen LogP contribution in [0.25, 0.3) is 0 Å². The van der Waals surface area contributed by atoms with Gasteiger partial charge in [-0.15, -0.1) is 0 Å². The van der Waals surface area contributed by atoms with Crippen LogP contribution >= 0.6 is 0 Å². The highest BCUT2D eigenvalue weighted by Gasteiger charge is 2.30. The van der Waals surface area contributed by atoms with Crippen LogP contribution in [0.5, 0.6) is 5.75 Å². The largest absolute Gasteiger partial charge is 0.481 e. The average Bonchev–Trinajstić information content (AvgIpc) is 3.35. The standard InChI is InChI=1S/C17H23FN2O2/c1-11(17(21)20-15-8-9-19-10-14(15)18)22-16-5-3-2-4-13(16)12-6-7-12/h2-5,11-12,14-15,19H,6-10H2,1H3,(H,20,21)/t11?,14-,15-/m0/s1. The first-order chi connectivity index (χ1) is 10.6. The third kappa shape index (κ3) is 3.58. The minimum Gasteiger partial charge on any atom is -0.481 e. The van der Waals surface area contributed by atoms with Gasteiger partial charge >= 0.3 is 0 Å². The smallest absolute Gasteiger partial charge is 0.261 e. The summed E-state index contributed by atoms with van der Waals surface area (Å²) in [6, 6.07) is 7.45. The van der Waals surface area contributed by atoms with Crippen molar-refractivity contribution in [1.82, 2.24) is 10.6 Å². The SMILES string of the molecule is CC(Oc1ccccc1C1CC1)C(=O)N[C@H]1CCNC[C@@H]1F. The molecule has 3 atom stereocenters. The van der Waals surface area contributed by atoms with Crippen LogP contribution in [0, 0.1) is 0 Å². The number of benzene rings is 1. The Bertz CT molecular complexity index is 533. The zero-order valence-corrected chi connectivity index (χ0v) is 12.8. The summed E-state index contributed by atoms with van der Waals surface area (Å²) in [5.41, 5.74) is 1.17. The predicted octanol–water partition coefficient (Wildman–Crippen LogP) is 2.15. The first kappa shape index (κ1) is 15.3. The molecular formula is C17H23FN2O2. The van der Waals surface area contributed by atoms with Gasteiger partial charge in [0, 0.05) is 6.54 Å². The number of alkyl halides is 1. The normalized spacial score (nSPS) is 26.3. The maximum Gasteiger partial charge on any atom is 0.261 e. The Morgan fingerprint density at radius 3 is 2.86 bits per heavy atom. The first-order valence-corrected chi connectivity index (χ1v) is 8.06. The van der Waals surface area contributed by atoms with Gasteiger partial charge in [-0.25, -0.2) is 4.39 Å². The summed E-state index contributed by atoms with van der Waals surface area (Å²) >= 11 is 0. The predicted molar refractivity (Wildman–Crippen MR) is 82.8 cm³/mol. The number of amides is 1. The van der Waals surface area contributed by atoms with E-state index in [0.717, 1.165) is 12.3 Å². The van der Waals surface area contributed by atoms with E-state index in [9.17, 15) is 9.18 Å². The van der Waals surface area contributed by atoms with E-state index in [0.29, 0.717) is 18.9 Å². The van der Waals surface area contributed by atoms with Crippen molar-refractivity contribution < 1.29 is 13.9 Å². The monoisotopic (exact) mass is 306 g/mol. The van der Waals surface area contributed by atoms with E-state index in [1.165, 1.54) is 18.4 Å². The van der Waals surface area contributed by atoms with E-state index in [1.54, 1.807) is 6.92 Å². The summed E-state index contributed by atoms with van der Waals surface area (Å²) in [7, 11) is 0. The molecule has 1 heterocycles. The molecule has 120 valence electrons. The molecule has 1 aliphatic heterocycles. The zero-order valence-electron chi connectivity index (χ0n) is 12.8. The third-order valence-electron chi connectivity index (χ3n) is 4.34. The van der Waals surface area contributed by atoms with Crippen LogP contribution in [-0.2, 0) is 4.79 Å². The van der Waals surface area contributed by atoms with Crippen molar-refractivity contribution in [2.24, 2.45) is 0 Å². The second-order valence-corrected chi connectivity index (χ2v) is 6.20. The average molecular weight is 306 g/mol. The van der Waals surface area contributed by atoms with Gasteiger partial charge in [-0.2, -0.15) is 0 Å². The number of carbonyl (C=O) groups excluding carboxylic acids is 1. The molecule has 0 bridgehead atoms. The Morgan fingerprint density at radius 2 is 2.14 bits per heavy atom. The molecule has 1 aromatic carbocycles. The van der Waals surface area contributed by atoms with Gasteiger partial charge in [0.1, 0.15) is 11.9 Å². The highest BCUT2D eigenvalue weighted by molar-refractivity contribution is 5.81. The van der Waals surface area contributed by atoms with Crippen molar-refractivity contribution in [3.05, 3.63) is 29.8 Å². The molecule has 1 amide bonds. The van der Waals surface area contributed by atoms with Gasteiger partial charge in [-0.3, -0.25) is 4.79 Å². The minimum atomic E-state index is -1.04. The summed E-state index contributed by atoms with van der Waals surface area (Å²) in [6.07, 6.45) is 1.31. The topological polar surface area (TPSA) is 50.4 Å². The van der Waals surface area contributed by atoms with Gasteiger partial charge in [0.2, 0.25) is 0 Å². The molecule has 1 saturated carbocycles. The number of piperidine rings is 1. The van der Waals surface area contributed by atoms with Crippen LogP contribution in [0.1, 0.15) is 37.7 Å². The Labute approximate surface area is 130 Å². The van der Waals surface area contributed by atoms with Crippen molar-refractivity contribution in [3.8, 4) is 5.75 Å². The molecule has 1 aromatic rings. The van der Waals surface area contributed by atoms with Crippen molar-refractivity contribution >= 4 is 5.91 Å². The van der Waals surface area contributed by atoms with Crippen molar-refractivity contribution in [3.63, 3.8) is 0 Å². The number of halogens is 1. The molecule has 5 heteroatoms. The van der Waals surface area contributed by atoms with Crippen LogP contribution in [0.15, 0.2) is 24.3 Å². The Hall–Kier alpha value is -1.62. The van der Waals surface area contributed by atoms with E-state index in [4.69, 9.17) is 4.74 Å². The number of carbonyl (C=O) groups is 1. The molecule has 4 nitrogen and oxygen atoms in total.